The Bertz CT molecular complexity index is 1170. The smallest absolute Gasteiger partial charge is 0.338 e. The standard InChI is InChI=1S/C23H24ClFN4O5S/c1-3-13-10-34-11-17(22(30)31)29(13)9-16-18(23(32)33-2)19(14-5-4-12(25)8-15(14)24)28-20(27-16)21-26-6-7-35-21/h4-8,13,17,19H,3,9-11H2,1-2H3,(H,27,28)(H,30,31). The number of nitrogens with zero attached hydrogens (tertiary/aromatic N) is 3. The van der Waals surface area contributed by atoms with E-state index in [1.54, 1.807) is 16.5 Å². The second kappa shape index (κ2) is 10.8. The minimum absolute atomic E-state index is 0.0211. The van der Waals surface area contributed by atoms with Crippen molar-refractivity contribution in [2.24, 2.45) is 4.99 Å². The van der Waals surface area contributed by atoms with Crippen LogP contribution in [0, 0.1) is 5.82 Å². The number of carboxylic acid groups (broad SMARTS) is 1. The Balaban J connectivity index is 1.85. The van der Waals surface area contributed by atoms with E-state index >= 15 is 0 Å². The molecule has 0 bridgehead atoms. The number of carbonyl (C=O) groups is 2. The van der Waals surface area contributed by atoms with Gasteiger partial charge in [0.25, 0.3) is 0 Å². The number of hydrogen-bond acceptors (Lipinski definition) is 9. The molecule has 3 unspecified atom stereocenters. The van der Waals surface area contributed by atoms with Gasteiger partial charge in [0.05, 0.1) is 25.9 Å². The lowest BCUT2D eigenvalue weighted by Crippen LogP contribution is -2.57. The van der Waals surface area contributed by atoms with Crippen molar-refractivity contribution in [2.75, 3.05) is 26.9 Å². The first-order valence-electron chi connectivity index (χ1n) is 10.9. The lowest BCUT2D eigenvalue weighted by atomic mass is 9.94. The lowest BCUT2D eigenvalue weighted by molar-refractivity contribution is -0.153. The number of halogens is 2. The SMILES string of the molecule is CCC1COCC(C(=O)O)N1CC1=C(C(=O)OC)C(c2ccc(F)cc2Cl)N=C(c2nccs2)N1. The minimum atomic E-state index is -1.02. The van der Waals surface area contributed by atoms with E-state index in [2.05, 4.69) is 10.3 Å². The van der Waals surface area contributed by atoms with Gasteiger partial charge in [-0.05, 0) is 18.6 Å². The van der Waals surface area contributed by atoms with Crippen LogP contribution in [0.15, 0.2) is 46.0 Å². The van der Waals surface area contributed by atoms with Crippen LogP contribution in [0.3, 0.4) is 0 Å². The zero-order valence-electron chi connectivity index (χ0n) is 19.0. The summed E-state index contributed by atoms with van der Waals surface area (Å²) in [5.41, 5.74) is 0.978. The maximum atomic E-state index is 13.8. The summed E-state index contributed by atoms with van der Waals surface area (Å²) in [6.07, 6.45) is 2.27. The number of methoxy groups -OCH3 is 1. The van der Waals surface area contributed by atoms with E-state index in [1.165, 1.54) is 30.6 Å². The van der Waals surface area contributed by atoms with Crippen LogP contribution in [0.2, 0.25) is 5.02 Å². The van der Waals surface area contributed by atoms with Crippen LogP contribution >= 0.6 is 22.9 Å². The molecule has 1 fully saturated rings. The van der Waals surface area contributed by atoms with Crippen molar-refractivity contribution in [1.82, 2.24) is 15.2 Å². The van der Waals surface area contributed by atoms with Gasteiger partial charge in [-0.3, -0.25) is 14.7 Å². The molecule has 0 spiro atoms. The van der Waals surface area contributed by atoms with E-state index in [0.29, 0.717) is 35.1 Å². The molecule has 2 aromatic rings. The molecule has 1 saturated heterocycles. The first kappa shape index (κ1) is 25.2. The molecule has 0 aliphatic carbocycles. The molecule has 186 valence electrons. The molecular weight excluding hydrogens is 499 g/mol. The Morgan fingerprint density at radius 1 is 1.40 bits per heavy atom. The van der Waals surface area contributed by atoms with E-state index in [9.17, 15) is 19.1 Å². The third-order valence-corrected chi connectivity index (χ3v) is 7.08. The molecule has 12 heteroatoms. The molecule has 3 atom stereocenters. The number of amidine groups is 1. The molecule has 1 aromatic carbocycles. The average Bonchev–Trinajstić information content (AvgIpc) is 3.38. The van der Waals surface area contributed by atoms with Gasteiger partial charge in [-0.2, -0.15) is 0 Å². The summed E-state index contributed by atoms with van der Waals surface area (Å²) < 4.78 is 24.4. The summed E-state index contributed by atoms with van der Waals surface area (Å²) in [5, 5.41) is 15.5. The summed E-state index contributed by atoms with van der Waals surface area (Å²) in [4.78, 5) is 35.9. The third-order valence-electron chi connectivity index (χ3n) is 5.98. The number of rotatable bonds is 7. The van der Waals surface area contributed by atoms with E-state index in [4.69, 9.17) is 26.1 Å². The maximum Gasteiger partial charge on any atom is 0.338 e. The molecule has 0 radical (unpaired) electrons. The van der Waals surface area contributed by atoms with Crippen molar-refractivity contribution in [2.45, 2.75) is 31.5 Å². The molecule has 4 rings (SSSR count). The number of thiazole rings is 1. The van der Waals surface area contributed by atoms with Gasteiger partial charge in [0.15, 0.2) is 10.8 Å². The van der Waals surface area contributed by atoms with Gasteiger partial charge in [-0.25, -0.2) is 14.2 Å². The summed E-state index contributed by atoms with van der Waals surface area (Å²) >= 11 is 7.72. The highest BCUT2D eigenvalue weighted by Crippen LogP contribution is 2.37. The highest BCUT2D eigenvalue weighted by atomic mass is 35.5. The van der Waals surface area contributed by atoms with Crippen molar-refractivity contribution >= 4 is 40.7 Å². The fraction of sp³-hybridized carbons (Fsp3) is 0.391. The number of nitrogens with one attached hydrogen (secondary N) is 1. The van der Waals surface area contributed by atoms with Crippen molar-refractivity contribution < 1.29 is 28.6 Å². The maximum absolute atomic E-state index is 13.8. The van der Waals surface area contributed by atoms with E-state index < -0.39 is 29.8 Å². The Morgan fingerprint density at radius 3 is 2.83 bits per heavy atom. The second-order valence-electron chi connectivity index (χ2n) is 8.02. The predicted octanol–water partition coefficient (Wildman–Crippen LogP) is 3.02. The monoisotopic (exact) mass is 522 g/mol. The van der Waals surface area contributed by atoms with E-state index in [-0.39, 0.29) is 29.8 Å². The van der Waals surface area contributed by atoms with Gasteiger partial charge in [-0.15, -0.1) is 11.3 Å². The highest BCUT2D eigenvalue weighted by molar-refractivity contribution is 7.11. The number of benzene rings is 1. The Morgan fingerprint density at radius 2 is 2.20 bits per heavy atom. The number of morpholine rings is 1. The molecule has 2 aliphatic heterocycles. The first-order chi connectivity index (χ1) is 16.8. The second-order valence-corrected chi connectivity index (χ2v) is 9.32. The normalized spacial score (nSPS) is 23.0. The fourth-order valence-corrected chi connectivity index (χ4v) is 5.08. The summed E-state index contributed by atoms with van der Waals surface area (Å²) in [5.74, 6) is -1.82. The van der Waals surface area contributed by atoms with E-state index in [0.717, 1.165) is 6.07 Å². The molecule has 3 heterocycles. The van der Waals surface area contributed by atoms with Gasteiger partial charge < -0.3 is 19.9 Å². The molecular formula is C23H24ClFN4O5S. The zero-order valence-corrected chi connectivity index (χ0v) is 20.6. The molecule has 35 heavy (non-hydrogen) atoms. The molecule has 2 aliphatic rings. The quantitative estimate of drug-likeness (QED) is 0.533. The van der Waals surface area contributed by atoms with E-state index in [1.807, 2.05) is 6.92 Å². The zero-order chi connectivity index (χ0) is 25.1. The number of esters is 1. The topological polar surface area (TPSA) is 113 Å². The van der Waals surface area contributed by atoms with Crippen molar-refractivity contribution in [1.29, 1.82) is 0 Å². The fourth-order valence-electron chi connectivity index (χ4n) is 4.22. The van der Waals surface area contributed by atoms with Gasteiger partial charge in [0, 0.05) is 40.4 Å². The van der Waals surface area contributed by atoms with Crippen molar-refractivity contribution in [3.05, 3.63) is 62.5 Å². The van der Waals surface area contributed by atoms with Gasteiger partial charge in [0.1, 0.15) is 17.9 Å². The van der Waals surface area contributed by atoms with Crippen LogP contribution < -0.4 is 5.32 Å². The number of ether oxygens (including phenoxy) is 2. The van der Waals surface area contributed by atoms with Gasteiger partial charge >= 0.3 is 11.9 Å². The number of hydrogen-bond donors (Lipinski definition) is 2. The minimum Gasteiger partial charge on any atom is -0.480 e. The summed E-state index contributed by atoms with van der Waals surface area (Å²) in [6, 6.07) is 1.86. The summed E-state index contributed by atoms with van der Waals surface area (Å²) in [6.45, 7) is 2.41. The summed E-state index contributed by atoms with van der Waals surface area (Å²) in [7, 11) is 1.25. The molecule has 2 N–H and O–H groups in total. The number of carbonyl (C=O) groups excluding carboxylic acids is 1. The molecule has 1 aromatic heterocycles. The Hall–Kier alpha value is -2.86. The number of aliphatic imine (C=N–C) groups is 1. The average molecular weight is 523 g/mol. The Kier molecular flexibility index (Phi) is 7.80. The largest absolute Gasteiger partial charge is 0.480 e. The number of aromatic nitrogens is 1. The van der Waals surface area contributed by atoms with Crippen LogP contribution in [0.5, 0.6) is 0 Å². The van der Waals surface area contributed by atoms with Crippen LogP contribution in [0.4, 0.5) is 4.39 Å². The lowest BCUT2D eigenvalue weighted by Gasteiger charge is -2.41. The van der Waals surface area contributed by atoms with Crippen LogP contribution in [-0.4, -0.2) is 71.7 Å². The van der Waals surface area contributed by atoms with Crippen LogP contribution in [0.1, 0.15) is 30.0 Å². The molecule has 0 amide bonds. The molecule has 0 saturated carbocycles. The number of aliphatic carboxylic acids is 1. The van der Waals surface area contributed by atoms with Crippen LogP contribution in [0.25, 0.3) is 0 Å². The first-order valence-corrected chi connectivity index (χ1v) is 12.2. The highest BCUT2D eigenvalue weighted by Gasteiger charge is 2.39. The third kappa shape index (κ3) is 5.22. The molecule has 9 nitrogen and oxygen atoms in total. The number of carboxylic acids is 1. The predicted molar refractivity (Wildman–Crippen MR) is 128 cm³/mol. The van der Waals surface area contributed by atoms with Crippen LogP contribution in [-0.2, 0) is 19.1 Å². The van der Waals surface area contributed by atoms with Crippen molar-refractivity contribution in [3.8, 4) is 0 Å². The van der Waals surface area contributed by atoms with Gasteiger partial charge in [-0.1, -0.05) is 24.6 Å². The Labute approximate surface area is 210 Å². The van der Waals surface area contributed by atoms with Gasteiger partial charge in [0.2, 0.25) is 0 Å². The van der Waals surface area contributed by atoms with Crippen molar-refractivity contribution in [3.63, 3.8) is 0 Å².